The number of nitrogens with zero attached hydrogens (tertiary/aromatic N) is 1. The second-order valence-corrected chi connectivity index (χ2v) is 9.34. The van der Waals surface area contributed by atoms with Crippen molar-refractivity contribution in [2.24, 2.45) is 23.2 Å². The van der Waals surface area contributed by atoms with E-state index in [0.717, 1.165) is 18.5 Å². The number of carbonyl (C=O) groups is 3. The highest BCUT2D eigenvalue weighted by Gasteiger charge is 2.70. The number of nitrogens with one attached hydrogen (secondary N) is 2. The molecule has 0 amide bonds. The highest BCUT2D eigenvalue weighted by molar-refractivity contribution is 6.48. The van der Waals surface area contributed by atoms with Crippen molar-refractivity contribution in [2.45, 2.75) is 43.9 Å². The summed E-state index contributed by atoms with van der Waals surface area (Å²) in [7, 11) is 0. The first-order valence-corrected chi connectivity index (χ1v) is 10.6. The van der Waals surface area contributed by atoms with Gasteiger partial charge in [-0.25, -0.2) is 0 Å². The van der Waals surface area contributed by atoms with Crippen molar-refractivity contribution in [3.63, 3.8) is 0 Å². The summed E-state index contributed by atoms with van der Waals surface area (Å²) >= 11 is 0. The quantitative estimate of drug-likeness (QED) is 0.250. The minimum atomic E-state index is -1.11. The molecule has 0 radical (unpaired) electrons. The van der Waals surface area contributed by atoms with Gasteiger partial charge in [0, 0.05) is 35.0 Å². The maximum absolute atomic E-state index is 12.4. The Balaban J connectivity index is 1.57. The molecule has 2 saturated carbocycles. The molecule has 162 valence electrons. The molecule has 2 saturated heterocycles. The van der Waals surface area contributed by atoms with E-state index in [0.29, 0.717) is 18.6 Å². The number of Topliss-reactive ketones (excluding diaryl/α,β-unsaturated/α-hetero) is 1. The first-order valence-electron chi connectivity index (χ1n) is 10.6. The van der Waals surface area contributed by atoms with Gasteiger partial charge in [0.1, 0.15) is 5.70 Å². The lowest BCUT2D eigenvalue weighted by Gasteiger charge is -2.55. The highest BCUT2D eigenvalue weighted by Crippen LogP contribution is 2.67. The number of ether oxygens (including phenoxy) is 1. The van der Waals surface area contributed by atoms with Crippen LogP contribution in [0.1, 0.15) is 25.7 Å². The van der Waals surface area contributed by atoms with Crippen molar-refractivity contribution in [1.82, 2.24) is 10.6 Å². The van der Waals surface area contributed by atoms with Gasteiger partial charge >= 0.3 is 17.4 Å². The number of aliphatic carboxylic acids is 1. The minimum Gasteiger partial charge on any atom is -0.481 e. The Morgan fingerprint density at radius 3 is 2.90 bits per heavy atom. The van der Waals surface area contributed by atoms with E-state index < -0.39 is 39.7 Å². The van der Waals surface area contributed by atoms with Gasteiger partial charge in [0.25, 0.3) is 0 Å². The molecule has 3 N–H and O–H groups in total. The first-order chi connectivity index (χ1) is 14.8. The average Bonchev–Trinajstić information content (AvgIpc) is 3.18. The summed E-state index contributed by atoms with van der Waals surface area (Å²) in [6.45, 7) is 0.299. The SMILES string of the molecule is O=C(O)CC1OCC=C2NC3CCC45C6=CC(=O)C(=O)C([N+](=O)[O-])=C6NC4C1C2CC35. The van der Waals surface area contributed by atoms with Crippen LogP contribution in [0.4, 0.5) is 0 Å². The molecule has 0 aromatic carbocycles. The summed E-state index contributed by atoms with van der Waals surface area (Å²) in [4.78, 5) is 47.4. The number of carbonyl (C=O) groups excluding carboxylic acids is 2. The molecular weight excluding hydrogens is 406 g/mol. The Hall–Kier alpha value is -3.01. The topological polar surface area (TPSA) is 148 Å². The Kier molecular flexibility index (Phi) is 3.64. The predicted octanol–water partition coefficient (Wildman–Crippen LogP) is 0.286. The number of allylic oxidation sites excluding steroid dienone is 4. The van der Waals surface area contributed by atoms with Gasteiger partial charge < -0.3 is 20.5 Å². The molecule has 3 aliphatic heterocycles. The maximum Gasteiger partial charge on any atom is 0.343 e. The number of ketones is 2. The van der Waals surface area contributed by atoms with Crippen molar-refractivity contribution >= 4 is 17.5 Å². The molecule has 7 unspecified atom stereocenters. The van der Waals surface area contributed by atoms with Gasteiger partial charge in [-0.05, 0) is 42.9 Å². The largest absolute Gasteiger partial charge is 0.481 e. The van der Waals surface area contributed by atoms with E-state index in [4.69, 9.17) is 4.74 Å². The number of carboxylic acid groups (broad SMARTS) is 1. The molecule has 2 bridgehead atoms. The van der Waals surface area contributed by atoms with E-state index in [9.17, 15) is 29.6 Å². The van der Waals surface area contributed by atoms with Gasteiger partial charge in [-0.1, -0.05) is 0 Å². The van der Waals surface area contributed by atoms with Gasteiger partial charge in [0.15, 0.2) is 0 Å². The van der Waals surface area contributed by atoms with Crippen LogP contribution in [0, 0.1) is 33.3 Å². The summed E-state index contributed by atoms with van der Waals surface area (Å²) in [5.41, 5.74) is 0.471. The molecule has 0 aromatic heterocycles. The second kappa shape index (κ2) is 6.03. The number of nitro groups is 1. The molecular formula is C21H21N3O7. The predicted molar refractivity (Wildman–Crippen MR) is 103 cm³/mol. The lowest BCUT2D eigenvalue weighted by atomic mass is 9.52. The summed E-state index contributed by atoms with van der Waals surface area (Å²) in [5.74, 6) is -3.04. The molecule has 10 heteroatoms. The van der Waals surface area contributed by atoms with Crippen LogP contribution < -0.4 is 10.6 Å². The van der Waals surface area contributed by atoms with Gasteiger partial charge in [-0.3, -0.25) is 24.5 Å². The zero-order valence-corrected chi connectivity index (χ0v) is 16.5. The van der Waals surface area contributed by atoms with Gasteiger partial charge in [-0.2, -0.15) is 0 Å². The summed E-state index contributed by atoms with van der Waals surface area (Å²) < 4.78 is 5.98. The smallest absolute Gasteiger partial charge is 0.343 e. The monoisotopic (exact) mass is 427 g/mol. The van der Waals surface area contributed by atoms with Crippen LogP contribution in [-0.2, 0) is 19.1 Å². The van der Waals surface area contributed by atoms with E-state index in [1.807, 2.05) is 6.08 Å². The third kappa shape index (κ3) is 2.23. The molecule has 3 aliphatic carbocycles. The second-order valence-electron chi connectivity index (χ2n) is 9.34. The van der Waals surface area contributed by atoms with Gasteiger partial charge in [0.05, 0.1) is 24.1 Å². The summed E-state index contributed by atoms with van der Waals surface area (Å²) in [6.07, 6.45) is 4.84. The molecule has 31 heavy (non-hydrogen) atoms. The van der Waals surface area contributed by atoms with E-state index in [1.54, 1.807) is 0 Å². The van der Waals surface area contributed by atoms with Gasteiger partial charge in [0.2, 0.25) is 5.78 Å². The highest BCUT2D eigenvalue weighted by atomic mass is 16.6. The van der Waals surface area contributed by atoms with Crippen LogP contribution in [0.15, 0.2) is 34.8 Å². The van der Waals surface area contributed by atoms with Gasteiger partial charge in [-0.15, -0.1) is 0 Å². The van der Waals surface area contributed by atoms with E-state index in [1.165, 1.54) is 6.08 Å². The number of hydrogen-bond acceptors (Lipinski definition) is 8. The van der Waals surface area contributed by atoms with Crippen molar-refractivity contribution in [1.29, 1.82) is 0 Å². The molecule has 6 rings (SSSR count). The van der Waals surface area contributed by atoms with E-state index in [2.05, 4.69) is 10.6 Å². The number of rotatable bonds is 3. The summed E-state index contributed by atoms with van der Waals surface area (Å²) in [6, 6.07) is -0.181. The minimum absolute atomic E-state index is 0.0311. The number of carboxylic acids is 1. The number of piperidine rings is 1. The third-order valence-electron chi connectivity index (χ3n) is 8.30. The van der Waals surface area contributed by atoms with Crippen LogP contribution in [0.3, 0.4) is 0 Å². The van der Waals surface area contributed by atoms with Crippen molar-refractivity contribution in [2.75, 3.05) is 6.61 Å². The molecule has 10 nitrogen and oxygen atoms in total. The normalized spacial score (nSPS) is 41.9. The molecule has 7 atom stereocenters. The zero-order chi connectivity index (χ0) is 21.7. The number of fused-ring (bicyclic) bond motifs is 2. The Bertz CT molecular complexity index is 1060. The Morgan fingerprint density at radius 1 is 1.35 bits per heavy atom. The van der Waals surface area contributed by atoms with Crippen molar-refractivity contribution in [3.8, 4) is 0 Å². The van der Waals surface area contributed by atoms with Crippen LogP contribution in [0.5, 0.6) is 0 Å². The van der Waals surface area contributed by atoms with E-state index >= 15 is 0 Å². The van der Waals surface area contributed by atoms with Crippen molar-refractivity contribution < 1.29 is 29.2 Å². The maximum atomic E-state index is 12.4. The van der Waals surface area contributed by atoms with Crippen LogP contribution in [0.25, 0.3) is 0 Å². The molecule has 3 heterocycles. The molecule has 4 fully saturated rings. The fourth-order valence-corrected chi connectivity index (χ4v) is 7.36. The fourth-order valence-electron chi connectivity index (χ4n) is 7.36. The Morgan fingerprint density at radius 2 is 2.16 bits per heavy atom. The number of hydrogen-bond donors (Lipinski definition) is 3. The lowest BCUT2D eigenvalue weighted by Crippen LogP contribution is -2.62. The molecule has 1 spiro atoms. The first kappa shape index (κ1) is 18.7. The van der Waals surface area contributed by atoms with Crippen LogP contribution >= 0.6 is 0 Å². The standard InChI is InChI=1S/C21H21N3O7/c25-13-6-10-17(18(19(13)28)24(29)30)23-20-16-8-5-9-12(1-3-21(9,10)20)22-11(8)2-4-31-14(16)7-15(26)27/h2,6,8-9,12,14,16,20,22-23H,1,3-5,7H2,(H,26,27). The van der Waals surface area contributed by atoms with E-state index in [-0.39, 0.29) is 42.0 Å². The zero-order valence-electron chi connectivity index (χ0n) is 16.5. The van der Waals surface area contributed by atoms with Crippen molar-refractivity contribution in [3.05, 3.63) is 44.9 Å². The summed E-state index contributed by atoms with van der Waals surface area (Å²) in [5, 5.41) is 28.2. The molecule has 0 aromatic rings. The Labute approximate surface area is 176 Å². The van der Waals surface area contributed by atoms with Crippen LogP contribution in [0.2, 0.25) is 0 Å². The molecule has 6 aliphatic rings. The fraction of sp³-hybridized carbons (Fsp3) is 0.571. The third-order valence-corrected chi connectivity index (χ3v) is 8.30. The lowest BCUT2D eigenvalue weighted by molar-refractivity contribution is -0.419. The van der Waals surface area contributed by atoms with Crippen LogP contribution in [-0.4, -0.2) is 52.4 Å². The average molecular weight is 427 g/mol.